The van der Waals surface area contributed by atoms with Crippen molar-refractivity contribution in [3.63, 3.8) is 0 Å². The molecule has 6 heteroatoms. The highest BCUT2D eigenvalue weighted by Gasteiger charge is 2.28. The minimum atomic E-state index is 0.580. The van der Waals surface area contributed by atoms with E-state index in [2.05, 4.69) is 25.9 Å². The molecule has 0 aromatic carbocycles. The number of hydrogen-bond donors (Lipinski definition) is 0. The van der Waals surface area contributed by atoms with Crippen LogP contribution in [0.2, 0.25) is 0 Å². The maximum absolute atomic E-state index is 5.44. The zero-order chi connectivity index (χ0) is 15.2. The summed E-state index contributed by atoms with van der Waals surface area (Å²) < 4.78 is 9.41. The predicted octanol–water partition coefficient (Wildman–Crippen LogP) is 3.11. The Labute approximate surface area is 132 Å². The molecule has 114 valence electrons. The van der Waals surface area contributed by atoms with Gasteiger partial charge in [-0.25, -0.2) is 9.50 Å². The molecule has 0 radical (unpaired) electrons. The SMILES string of the molecule is c1cc(-c2nccn2Cc2cc(C3CC3)on2)n2nccc2c1. The highest BCUT2D eigenvalue weighted by molar-refractivity contribution is 5.58. The molecule has 0 bridgehead atoms. The van der Waals surface area contributed by atoms with E-state index in [4.69, 9.17) is 4.52 Å². The first kappa shape index (κ1) is 12.6. The Morgan fingerprint density at radius 1 is 1.17 bits per heavy atom. The molecule has 0 atom stereocenters. The Morgan fingerprint density at radius 2 is 2.13 bits per heavy atom. The van der Waals surface area contributed by atoms with E-state index in [0.29, 0.717) is 12.5 Å². The standard InChI is InChI=1S/C17H15N5O/c1-2-14-6-7-19-22(14)15(3-1)17-18-8-9-21(17)11-13-10-16(23-20-13)12-4-5-12/h1-3,6-10,12H,4-5,11H2. The van der Waals surface area contributed by atoms with Crippen molar-refractivity contribution >= 4 is 5.52 Å². The first-order valence-corrected chi connectivity index (χ1v) is 7.78. The van der Waals surface area contributed by atoms with Crippen molar-refractivity contribution in [3.8, 4) is 11.5 Å². The Kier molecular flexibility index (Phi) is 2.64. The van der Waals surface area contributed by atoms with Gasteiger partial charge < -0.3 is 9.09 Å². The molecule has 4 aromatic heterocycles. The van der Waals surface area contributed by atoms with Gasteiger partial charge in [0.05, 0.1) is 18.3 Å². The monoisotopic (exact) mass is 305 g/mol. The highest BCUT2D eigenvalue weighted by Crippen LogP contribution is 2.40. The van der Waals surface area contributed by atoms with Crippen LogP contribution in [0.15, 0.2) is 53.4 Å². The Balaban J connectivity index is 1.52. The quantitative estimate of drug-likeness (QED) is 0.581. The molecule has 0 N–H and O–H groups in total. The number of hydrogen-bond acceptors (Lipinski definition) is 4. The van der Waals surface area contributed by atoms with Crippen LogP contribution in [0, 0.1) is 0 Å². The number of imidazole rings is 1. The average molecular weight is 305 g/mol. The van der Waals surface area contributed by atoms with Gasteiger partial charge in [-0.2, -0.15) is 5.10 Å². The van der Waals surface area contributed by atoms with Crippen LogP contribution in [0.25, 0.3) is 17.0 Å². The van der Waals surface area contributed by atoms with Gasteiger partial charge in [-0.3, -0.25) is 0 Å². The van der Waals surface area contributed by atoms with Gasteiger partial charge in [0.25, 0.3) is 0 Å². The van der Waals surface area contributed by atoms with Gasteiger partial charge in [0.2, 0.25) is 0 Å². The minimum Gasteiger partial charge on any atom is -0.361 e. The van der Waals surface area contributed by atoms with Gasteiger partial charge in [-0.15, -0.1) is 0 Å². The first-order valence-electron chi connectivity index (χ1n) is 7.78. The zero-order valence-corrected chi connectivity index (χ0v) is 12.5. The number of nitrogens with zero attached hydrogens (tertiary/aromatic N) is 5. The van der Waals surface area contributed by atoms with E-state index in [-0.39, 0.29) is 0 Å². The van der Waals surface area contributed by atoms with Crippen LogP contribution in [0.5, 0.6) is 0 Å². The summed E-state index contributed by atoms with van der Waals surface area (Å²) in [5.41, 5.74) is 2.94. The fourth-order valence-electron chi connectivity index (χ4n) is 2.93. The van der Waals surface area contributed by atoms with Gasteiger partial charge in [0.15, 0.2) is 5.82 Å². The van der Waals surface area contributed by atoms with Gasteiger partial charge in [0, 0.05) is 24.4 Å². The second-order valence-electron chi connectivity index (χ2n) is 5.95. The summed E-state index contributed by atoms with van der Waals surface area (Å²) in [7, 11) is 0. The van der Waals surface area contributed by atoms with Crippen LogP contribution in [-0.4, -0.2) is 24.3 Å². The van der Waals surface area contributed by atoms with Crippen molar-refractivity contribution < 1.29 is 4.52 Å². The maximum Gasteiger partial charge on any atom is 0.159 e. The van der Waals surface area contributed by atoms with Crippen molar-refractivity contribution in [1.29, 1.82) is 0 Å². The van der Waals surface area contributed by atoms with Gasteiger partial charge in [0.1, 0.15) is 17.1 Å². The van der Waals surface area contributed by atoms with Gasteiger partial charge >= 0.3 is 0 Å². The van der Waals surface area contributed by atoms with Crippen LogP contribution in [0.1, 0.15) is 30.2 Å². The summed E-state index contributed by atoms with van der Waals surface area (Å²) in [5, 5.41) is 8.58. The number of rotatable bonds is 4. The highest BCUT2D eigenvalue weighted by atomic mass is 16.5. The van der Waals surface area contributed by atoms with Crippen LogP contribution in [0.4, 0.5) is 0 Å². The second kappa shape index (κ2) is 4.81. The van der Waals surface area contributed by atoms with E-state index >= 15 is 0 Å². The molecule has 23 heavy (non-hydrogen) atoms. The Bertz CT molecular complexity index is 976. The van der Waals surface area contributed by atoms with Crippen molar-refractivity contribution in [2.24, 2.45) is 0 Å². The third kappa shape index (κ3) is 2.14. The van der Waals surface area contributed by atoms with Crippen LogP contribution < -0.4 is 0 Å². The first-order chi connectivity index (χ1) is 11.4. The molecule has 0 aliphatic heterocycles. The number of aromatic nitrogens is 5. The van der Waals surface area contributed by atoms with E-state index in [9.17, 15) is 0 Å². The third-order valence-electron chi connectivity index (χ3n) is 4.26. The zero-order valence-electron chi connectivity index (χ0n) is 12.5. The minimum absolute atomic E-state index is 0.580. The molecule has 1 aliphatic carbocycles. The van der Waals surface area contributed by atoms with Crippen LogP contribution in [-0.2, 0) is 6.54 Å². The molecule has 1 aliphatic rings. The third-order valence-corrected chi connectivity index (χ3v) is 4.26. The Morgan fingerprint density at radius 3 is 3.04 bits per heavy atom. The maximum atomic E-state index is 5.44. The summed E-state index contributed by atoms with van der Waals surface area (Å²) in [6.45, 7) is 0.642. The molecule has 1 fully saturated rings. The number of fused-ring (bicyclic) bond motifs is 1. The fraction of sp³-hybridized carbons (Fsp3) is 0.235. The van der Waals surface area contributed by atoms with Crippen LogP contribution in [0.3, 0.4) is 0 Å². The van der Waals surface area contributed by atoms with Crippen molar-refractivity contribution in [3.05, 3.63) is 60.4 Å². The molecular weight excluding hydrogens is 290 g/mol. The smallest absolute Gasteiger partial charge is 0.159 e. The van der Waals surface area contributed by atoms with Crippen molar-refractivity contribution in [2.75, 3.05) is 0 Å². The van der Waals surface area contributed by atoms with E-state index in [1.54, 1.807) is 12.4 Å². The molecule has 0 unspecified atom stereocenters. The molecule has 4 heterocycles. The van der Waals surface area contributed by atoms with E-state index in [1.807, 2.05) is 35.0 Å². The molecule has 6 nitrogen and oxygen atoms in total. The predicted molar refractivity (Wildman–Crippen MR) is 84.0 cm³/mol. The normalized spacial score (nSPS) is 14.6. The molecular formula is C17H15N5O. The van der Waals surface area contributed by atoms with Crippen molar-refractivity contribution in [2.45, 2.75) is 25.3 Å². The fourth-order valence-corrected chi connectivity index (χ4v) is 2.93. The van der Waals surface area contributed by atoms with E-state index in [0.717, 1.165) is 28.5 Å². The lowest BCUT2D eigenvalue weighted by Crippen LogP contribution is -2.04. The summed E-state index contributed by atoms with van der Waals surface area (Å²) in [6.07, 6.45) is 7.99. The summed E-state index contributed by atoms with van der Waals surface area (Å²) in [5.74, 6) is 2.46. The van der Waals surface area contributed by atoms with Gasteiger partial charge in [-0.05, 0) is 31.0 Å². The molecule has 4 aromatic rings. The lowest BCUT2D eigenvalue weighted by molar-refractivity contribution is 0.377. The summed E-state index contributed by atoms with van der Waals surface area (Å²) in [6, 6.07) is 10.1. The summed E-state index contributed by atoms with van der Waals surface area (Å²) in [4.78, 5) is 4.51. The van der Waals surface area contributed by atoms with Crippen LogP contribution >= 0.6 is 0 Å². The summed E-state index contributed by atoms with van der Waals surface area (Å²) >= 11 is 0. The van der Waals surface area contributed by atoms with Crippen molar-refractivity contribution in [1.82, 2.24) is 24.3 Å². The Hall–Kier alpha value is -2.89. The lowest BCUT2D eigenvalue weighted by atomic mass is 10.2. The lowest BCUT2D eigenvalue weighted by Gasteiger charge is -2.07. The van der Waals surface area contributed by atoms with E-state index < -0.39 is 0 Å². The average Bonchev–Trinajstić information content (AvgIpc) is 3.00. The number of pyridine rings is 1. The largest absolute Gasteiger partial charge is 0.361 e. The van der Waals surface area contributed by atoms with Gasteiger partial charge in [-0.1, -0.05) is 11.2 Å². The van der Waals surface area contributed by atoms with E-state index in [1.165, 1.54) is 12.8 Å². The molecule has 0 amide bonds. The molecule has 0 spiro atoms. The molecule has 1 saturated carbocycles. The molecule has 5 rings (SSSR count). The molecule has 0 saturated heterocycles. The second-order valence-corrected chi connectivity index (χ2v) is 5.95. The topological polar surface area (TPSA) is 61.2 Å².